The van der Waals surface area contributed by atoms with Crippen molar-refractivity contribution in [1.82, 2.24) is 15.1 Å². The Kier molecular flexibility index (Phi) is 4.95. The van der Waals surface area contributed by atoms with Gasteiger partial charge in [-0.1, -0.05) is 6.07 Å². The van der Waals surface area contributed by atoms with E-state index in [0.717, 1.165) is 0 Å². The molecule has 1 amide bonds. The summed E-state index contributed by atoms with van der Waals surface area (Å²) in [6, 6.07) is 8.76. The van der Waals surface area contributed by atoms with E-state index in [2.05, 4.69) is 10.2 Å². The lowest BCUT2D eigenvalue weighted by molar-refractivity contribution is -0.146. The normalized spacial score (nSPS) is 18.4. The molecule has 2 atom stereocenters. The number of hydrogen-bond acceptors (Lipinski definition) is 7. The molecule has 8 heteroatoms. The van der Waals surface area contributed by atoms with Crippen LogP contribution in [0.4, 0.5) is 0 Å². The number of rotatable bonds is 4. The molecule has 1 aliphatic rings. The highest BCUT2D eigenvalue weighted by molar-refractivity contribution is 5.81. The van der Waals surface area contributed by atoms with Gasteiger partial charge in [0.15, 0.2) is 12.2 Å². The van der Waals surface area contributed by atoms with Crippen molar-refractivity contribution in [2.24, 2.45) is 0 Å². The molecule has 0 unspecified atom stereocenters. The quantitative estimate of drug-likeness (QED) is 0.832. The standard InChI is InChI=1S/C17H18N4O4/c1-11(24-14-5-3-4-13(8-14)9-18)17(22)21-6-7-23-15(10-21)16-20-19-12(2)25-16/h3-5,8,11,15H,6-7,10H2,1-2H3/t11-,15-/m0/s1. The first-order valence-electron chi connectivity index (χ1n) is 7.94. The number of carbonyl (C=O) groups is 1. The third kappa shape index (κ3) is 3.95. The fourth-order valence-corrected chi connectivity index (χ4v) is 2.59. The lowest BCUT2D eigenvalue weighted by Gasteiger charge is -2.32. The zero-order chi connectivity index (χ0) is 17.8. The van der Waals surface area contributed by atoms with Gasteiger partial charge in [-0.2, -0.15) is 5.26 Å². The molecule has 0 N–H and O–H groups in total. The molecule has 8 nitrogen and oxygen atoms in total. The zero-order valence-electron chi connectivity index (χ0n) is 14.0. The summed E-state index contributed by atoms with van der Waals surface area (Å²) in [6.45, 7) is 4.56. The van der Waals surface area contributed by atoms with Gasteiger partial charge >= 0.3 is 0 Å². The maximum absolute atomic E-state index is 12.7. The number of benzene rings is 1. The highest BCUT2D eigenvalue weighted by Crippen LogP contribution is 2.22. The number of amides is 1. The smallest absolute Gasteiger partial charge is 0.263 e. The Morgan fingerprint density at radius 2 is 2.32 bits per heavy atom. The summed E-state index contributed by atoms with van der Waals surface area (Å²) >= 11 is 0. The van der Waals surface area contributed by atoms with Gasteiger partial charge in [-0.25, -0.2) is 0 Å². The summed E-state index contributed by atoms with van der Waals surface area (Å²) in [5, 5.41) is 16.7. The van der Waals surface area contributed by atoms with E-state index in [9.17, 15) is 4.79 Å². The van der Waals surface area contributed by atoms with Crippen molar-refractivity contribution in [2.45, 2.75) is 26.1 Å². The highest BCUT2D eigenvalue weighted by Gasteiger charge is 2.31. The molecule has 1 fully saturated rings. The predicted octanol–water partition coefficient (Wildman–Crippen LogP) is 1.62. The van der Waals surface area contributed by atoms with Crippen molar-refractivity contribution in [2.75, 3.05) is 19.7 Å². The maximum atomic E-state index is 12.7. The second-order valence-corrected chi connectivity index (χ2v) is 5.70. The minimum Gasteiger partial charge on any atom is -0.481 e. The number of hydrogen-bond donors (Lipinski definition) is 0. The maximum Gasteiger partial charge on any atom is 0.263 e. The topological polar surface area (TPSA) is 101 Å². The molecule has 2 heterocycles. The Morgan fingerprint density at radius 1 is 1.48 bits per heavy atom. The Bertz CT molecular complexity index is 798. The van der Waals surface area contributed by atoms with E-state index < -0.39 is 12.2 Å². The van der Waals surface area contributed by atoms with Gasteiger partial charge in [-0.15, -0.1) is 10.2 Å². The number of aromatic nitrogens is 2. The van der Waals surface area contributed by atoms with Gasteiger partial charge in [0.25, 0.3) is 5.91 Å². The van der Waals surface area contributed by atoms with E-state index in [0.29, 0.717) is 42.8 Å². The molecule has 0 aliphatic carbocycles. The van der Waals surface area contributed by atoms with Crippen molar-refractivity contribution in [3.05, 3.63) is 41.6 Å². The van der Waals surface area contributed by atoms with Gasteiger partial charge in [-0.3, -0.25) is 4.79 Å². The van der Waals surface area contributed by atoms with Crippen LogP contribution in [0.5, 0.6) is 5.75 Å². The average Bonchev–Trinajstić information content (AvgIpc) is 3.07. The Labute approximate surface area is 145 Å². The van der Waals surface area contributed by atoms with Gasteiger partial charge in [0.05, 0.1) is 24.8 Å². The van der Waals surface area contributed by atoms with Crippen molar-refractivity contribution in [3.63, 3.8) is 0 Å². The molecule has 3 rings (SSSR count). The van der Waals surface area contributed by atoms with E-state index in [1.165, 1.54) is 0 Å². The first kappa shape index (κ1) is 16.9. The molecule has 1 aliphatic heterocycles. The fraction of sp³-hybridized carbons (Fsp3) is 0.412. The Morgan fingerprint density at radius 3 is 3.04 bits per heavy atom. The molecule has 130 valence electrons. The summed E-state index contributed by atoms with van der Waals surface area (Å²) in [7, 11) is 0. The molecular formula is C17H18N4O4. The SMILES string of the molecule is Cc1nnc([C@@H]2CN(C(=O)[C@H](C)Oc3cccc(C#N)c3)CCO2)o1. The second kappa shape index (κ2) is 7.32. The van der Waals surface area contributed by atoms with Crippen LogP contribution in [0.1, 0.15) is 30.4 Å². The number of morpholine rings is 1. The number of ether oxygens (including phenoxy) is 2. The van der Waals surface area contributed by atoms with Crippen LogP contribution >= 0.6 is 0 Å². The van der Waals surface area contributed by atoms with Gasteiger partial charge in [-0.05, 0) is 25.1 Å². The summed E-state index contributed by atoms with van der Waals surface area (Å²) in [5.41, 5.74) is 0.482. The summed E-state index contributed by atoms with van der Waals surface area (Å²) in [4.78, 5) is 14.3. The van der Waals surface area contributed by atoms with E-state index in [1.54, 1.807) is 43.0 Å². The number of nitriles is 1. The van der Waals surface area contributed by atoms with Crippen molar-refractivity contribution < 1.29 is 18.7 Å². The van der Waals surface area contributed by atoms with Gasteiger partial charge in [0.1, 0.15) is 5.75 Å². The monoisotopic (exact) mass is 342 g/mol. The van der Waals surface area contributed by atoms with Gasteiger partial charge in [0, 0.05) is 13.5 Å². The fourth-order valence-electron chi connectivity index (χ4n) is 2.59. The third-order valence-electron chi connectivity index (χ3n) is 3.82. The van der Waals surface area contributed by atoms with Crippen molar-refractivity contribution in [1.29, 1.82) is 5.26 Å². The van der Waals surface area contributed by atoms with Crippen LogP contribution in [-0.4, -0.2) is 46.8 Å². The minimum atomic E-state index is -0.683. The first-order valence-corrected chi connectivity index (χ1v) is 7.94. The zero-order valence-corrected chi connectivity index (χ0v) is 14.0. The van der Waals surface area contributed by atoms with E-state index >= 15 is 0 Å². The van der Waals surface area contributed by atoms with Crippen LogP contribution in [0.25, 0.3) is 0 Å². The van der Waals surface area contributed by atoms with Crippen LogP contribution in [0.2, 0.25) is 0 Å². The van der Waals surface area contributed by atoms with Crippen LogP contribution in [0.3, 0.4) is 0 Å². The lowest BCUT2D eigenvalue weighted by atomic mass is 10.2. The summed E-state index contributed by atoms with van der Waals surface area (Å²) in [6.07, 6.45) is -1.12. The predicted molar refractivity (Wildman–Crippen MR) is 85.6 cm³/mol. The van der Waals surface area contributed by atoms with E-state index in [1.807, 2.05) is 6.07 Å². The number of nitrogens with zero attached hydrogens (tertiary/aromatic N) is 4. The minimum absolute atomic E-state index is 0.160. The van der Waals surface area contributed by atoms with Gasteiger partial charge in [0.2, 0.25) is 11.8 Å². The largest absolute Gasteiger partial charge is 0.481 e. The molecular weight excluding hydrogens is 324 g/mol. The van der Waals surface area contributed by atoms with Crippen LogP contribution in [-0.2, 0) is 9.53 Å². The summed E-state index contributed by atoms with van der Waals surface area (Å²) in [5.74, 6) is 1.14. The molecule has 1 saturated heterocycles. The number of aryl methyl sites for hydroxylation is 1. The van der Waals surface area contributed by atoms with E-state index in [-0.39, 0.29) is 5.91 Å². The van der Waals surface area contributed by atoms with Crippen molar-refractivity contribution >= 4 is 5.91 Å². The Balaban J connectivity index is 1.64. The van der Waals surface area contributed by atoms with Crippen LogP contribution in [0, 0.1) is 18.3 Å². The van der Waals surface area contributed by atoms with Crippen molar-refractivity contribution in [3.8, 4) is 11.8 Å². The second-order valence-electron chi connectivity index (χ2n) is 5.70. The molecule has 1 aromatic heterocycles. The summed E-state index contributed by atoms with van der Waals surface area (Å²) < 4.78 is 16.7. The highest BCUT2D eigenvalue weighted by atomic mass is 16.5. The number of carbonyl (C=O) groups excluding carboxylic acids is 1. The molecule has 1 aromatic carbocycles. The molecule has 0 spiro atoms. The molecule has 0 radical (unpaired) electrons. The average molecular weight is 342 g/mol. The van der Waals surface area contributed by atoms with Crippen LogP contribution < -0.4 is 4.74 Å². The van der Waals surface area contributed by atoms with Gasteiger partial charge < -0.3 is 18.8 Å². The third-order valence-corrected chi connectivity index (χ3v) is 3.82. The Hall–Kier alpha value is -2.92. The molecule has 0 bridgehead atoms. The molecule has 0 saturated carbocycles. The lowest BCUT2D eigenvalue weighted by Crippen LogP contribution is -2.47. The first-order chi connectivity index (χ1) is 12.1. The van der Waals surface area contributed by atoms with E-state index in [4.69, 9.17) is 19.2 Å². The molecule has 25 heavy (non-hydrogen) atoms. The van der Waals surface area contributed by atoms with Crippen LogP contribution in [0.15, 0.2) is 28.7 Å². The molecule has 2 aromatic rings.